The minimum atomic E-state index is -0.224. The number of aromatic nitrogens is 2. The van der Waals surface area contributed by atoms with Crippen LogP contribution >= 0.6 is 0 Å². The van der Waals surface area contributed by atoms with Crippen LogP contribution in [0, 0.1) is 0 Å². The lowest BCUT2D eigenvalue weighted by Crippen LogP contribution is -2.27. The number of carbonyl (C=O) groups excluding carboxylic acids is 1. The van der Waals surface area contributed by atoms with Crippen LogP contribution in [0.3, 0.4) is 0 Å². The van der Waals surface area contributed by atoms with Crippen LogP contribution in [0.25, 0.3) is 11.1 Å². The number of hydrogen-bond donors (Lipinski definition) is 1. The van der Waals surface area contributed by atoms with Crippen LogP contribution in [0.1, 0.15) is 29.0 Å². The Bertz CT molecular complexity index is 771. The van der Waals surface area contributed by atoms with E-state index in [9.17, 15) is 4.79 Å². The van der Waals surface area contributed by atoms with E-state index in [0.29, 0.717) is 5.69 Å². The number of nitrogens with zero attached hydrogens (tertiary/aromatic N) is 2. The fourth-order valence-corrected chi connectivity index (χ4v) is 2.37. The first kappa shape index (κ1) is 14.9. The molecule has 1 atom stereocenters. The molecular weight excluding hydrogens is 286 g/mol. The van der Waals surface area contributed by atoms with Crippen molar-refractivity contribution in [3.63, 3.8) is 0 Å². The lowest BCUT2D eigenvalue weighted by Gasteiger charge is -2.14. The summed E-state index contributed by atoms with van der Waals surface area (Å²) in [6.07, 6.45) is 4.51. The zero-order valence-electron chi connectivity index (χ0n) is 12.8. The topological polar surface area (TPSA) is 54.9 Å². The highest BCUT2D eigenvalue weighted by molar-refractivity contribution is 5.92. The van der Waals surface area contributed by atoms with Crippen molar-refractivity contribution in [2.45, 2.75) is 13.0 Å². The first-order valence-corrected chi connectivity index (χ1v) is 7.46. The Kier molecular flexibility index (Phi) is 4.43. The van der Waals surface area contributed by atoms with Gasteiger partial charge in [-0.1, -0.05) is 54.6 Å². The fourth-order valence-electron chi connectivity index (χ4n) is 2.37. The SMILES string of the molecule is C[C@@H](NC(=O)c1cnccn1)c1ccc(-c2ccccc2)cc1. The summed E-state index contributed by atoms with van der Waals surface area (Å²) in [7, 11) is 0. The third kappa shape index (κ3) is 3.61. The molecule has 0 aliphatic heterocycles. The molecule has 0 radical (unpaired) electrons. The summed E-state index contributed by atoms with van der Waals surface area (Å²) < 4.78 is 0. The first-order chi connectivity index (χ1) is 11.2. The van der Waals surface area contributed by atoms with Gasteiger partial charge < -0.3 is 5.32 Å². The largest absolute Gasteiger partial charge is 0.344 e. The molecule has 114 valence electrons. The van der Waals surface area contributed by atoms with E-state index in [0.717, 1.165) is 11.1 Å². The molecule has 1 aromatic heterocycles. The Labute approximate surface area is 135 Å². The number of benzene rings is 2. The van der Waals surface area contributed by atoms with Crippen molar-refractivity contribution in [1.29, 1.82) is 0 Å². The van der Waals surface area contributed by atoms with E-state index in [2.05, 4.69) is 39.6 Å². The molecule has 0 aliphatic carbocycles. The van der Waals surface area contributed by atoms with E-state index in [4.69, 9.17) is 0 Å². The summed E-state index contributed by atoms with van der Waals surface area (Å²) in [5.41, 5.74) is 3.69. The van der Waals surface area contributed by atoms with Crippen LogP contribution < -0.4 is 5.32 Å². The van der Waals surface area contributed by atoms with E-state index in [-0.39, 0.29) is 11.9 Å². The highest BCUT2D eigenvalue weighted by Gasteiger charge is 2.12. The van der Waals surface area contributed by atoms with Gasteiger partial charge >= 0.3 is 0 Å². The van der Waals surface area contributed by atoms with Crippen molar-refractivity contribution in [3.05, 3.63) is 84.4 Å². The summed E-state index contributed by atoms with van der Waals surface area (Å²) in [5, 5.41) is 2.93. The van der Waals surface area contributed by atoms with Crippen molar-refractivity contribution in [1.82, 2.24) is 15.3 Å². The Morgan fingerprint density at radius 1 is 0.957 bits per heavy atom. The average Bonchev–Trinajstić information content (AvgIpc) is 2.63. The number of nitrogens with one attached hydrogen (secondary N) is 1. The Hall–Kier alpha value is -3.01. The van der Waals surface area contributed by atoms with Gasteiger partial charge in [0.15, 0.2) is 0 Å². The standard InChI is InChI=1S/C19H17N3O/c1-14(22-19(23)18-13-20-11-12-21-18)15-7-9-17(10-8-15)16-5-3-2-4-6-16/h2-14H,1H3,(H,22,23)/t14-/m1/s1. The van der Waals surface area contributed by atoms with Crippen LogP contribution in [0.5, 0.6) is 0 Å². The maximum Gasteiger partial charge on any atom is 0.271 e. The quantitative estimate of drug-likeness (QED) is 0.800. The Morgan fingerprint density at radius 3 is 2.30 bits per heavy atom. The van der Waals surface area contributed by atoms with Gasteiger partial charge in [0.1, 0.15) is 5.69 Å². The lowest BCUT2D eigenvalue weighted by atomic mass is 10.0. The monoisotopic (exact) mass is 303 g/mol. The summed E-state index contributed by atoms with van der Waals surface area (Å²) >= 11 is 0. The van der Waals surface area contributed by atoms with E-state index in [1.54, 1.807) is 6.20 Å². The Morgan fingerprint density at radius 2 is 1.65 bits per heavy atom. The molecule has 2 aromatic carbocycles. The molecule has 0 unspecified atom stereocenters. The predicted octanol–water partition coefficient (Wildman–Crippen LogP) is 3.63. The van der Waals surface area contributed by atoms with Gasteiger partial charge in [0.05, 0.1) is 12.2 Å². The van der Waals surface area contributed by atoms with Crippen molar-refractivity contribution in [3.8, 4) is 11.1 Å². The first-order valence-electron chi connectivity index (χ1n) is 7.46. The molecular formula is C19H17N3O. The molecule has 0 spiro atoms. The van der Waals surface area contributed by atoms with E-state index in [1.807, 2.05) is 37.3 Å². The van der Waals surface area contributed by atoms with Crippen molar-refractivity contribution < 1.29 is 4.79 Å². The molecule has 1 amide bonds. The summed E-state index contributed by atoms with van der Waals surface area (Å²) in [4.78, 5) is 20.0. The minimum Gasteiger partial charge on any atom is -0.344 e. The third-order valence-corrected chi connectivity index (χ3v) is 3.66. The average molecular weight is 303 g/mol. The van der Waals surface area contributed by atoms with Gasteiger partial charge in [0.2, 0.25) is 0 Å². The van der Waals surface area contributed by atoms with Gasteiger partial charge in [-0.3, -0.25) is 9.78 Å². The second kappa shape index (κ2) is 6.83. The zero-order valence-corrected chi connectivity index (χ0v) is 12.8. The second-order valence-electron chi connectivity index (χ2n) is 5.27. The molecule has 1 heterocycles. The van der Waals surface area contributed by atoms with Gasteiger partial charge in [-0.05, 0) is 23.6 Å². The van der Waals surface area contributed by atoms with Crippen LogP contribution in [-0.2, 0) is 0 Å². The van der Waals surface area contributed by atoms with Crippen molar-refractivity contribution in [2.24, 2.45) is 0 Å². The maximum absolute atomic E-state index is 12.1. The number of amides is 1. The van der Waals surface area contributed by atoms with Gasteiger partial charge in [-0.2, -0.15) is 0 Å². The molecule has 4 nitrogen and oxygen atoms in total. The summed E-state index contributed by atoms with van der Waals surface area (Å²) in [5.74, 6) is -0.224. The van der Waals surface area contributed by atoms with E-state index in [1.165, 1.54) is 18.0 Å². The molecule has 1 N–H and O–H groups in total. The van der Waals surface area contributed by atoms with Gasteiger partial charge in [0, 0.05) is 12.4 Å². The molecule has 0 saturated carbocycles. The summed E-state index contributed by atoms with van der Waals surface area (Å²) in [6, 6.07) is 18.3. The Balaban J connectivity index is 1.71. The molecule has 4 heteroatoms. The maximum atomic E-state index is 12.1. The van der Waals surface area contributed by atoms with Gasteiger partial charge in [0.25, 0.3) is 5.91 Å². The molecule has 23 heavy (non-hydrogen) atoms. The molecule has 0 aliphatic rings. The highest BCUT2D eigenvalue weighted by atomic mass is 16.1. The third-order valence-electron chi connectivity index (χ3n) is 3.66. The summed E-state index contributed by atoms with van der Waals surface area (Å²) in [6.45, 7) is 1.95. The van der Waals surface area contributed by atoms with Gasteiger partial charge in [-0.15, -0.1) is 0 Å². The van der Waals surface area contributed by atoms with Crippen molar-refractivity contribution >= 4 is 5.91 Å². The molecule has 0 fully saturated rings. The van der Waals surface area contributed by atoms with Crippen LogP contribution in [-0.4, -0.2) is 15.9 Å². The molecule has 3 rings (SSSR count). The highest BCUT2D eigenvalue weighted by Crippen LogP contribution is 2.21. The molecule has 3 aromatic rings. The second-order valence-corrected chi connectivity index (χ2v) is 5.27. The molecule has 0 saturated heterocycles. The van der Waals surface area contributed by atoms with E-state index < -0.39 is 0 Å². The van der Waals surface area contributed by atoms with Crippen LogP contribution in [0.2, 0.25) is 0 Å². The fraction of sp³-hybridized carbons (Fsp3) is 0.105. The van der Waals surface area contributed by atoms with E-state index >= 15 is 0 Å². The van der Waals surface area contributed by atoms with Crippen molar-refractivity contribution in [2.75, 3.05) is 0 Å². The lowest BCUT2D eigenvalue weighted by molar-refractivity contribution is 0.0934. The predicted molar refractivity (Wildman–Crippen MR) is 89.8 cm³/mol. The normalized spacial score (nSPS) is 11.7. The smallest absolute Gasteiger partial charge is 0.271 e. The minimum absolute atomic E-state index is 0.102. The van der Waals surface area contributed by atoms with Crippen LogP contribution in [0.4, 0.5) is 0 Å². The van der Waals surface area contributed by atoms with Gasteiger partial charge in [-0.25, -0.2) is 4.98 Å². The zero-order chi connectivity index (χ0) is 16.1. The number of carbonyl (C=O) groups is 1. The molecule has 0 bridgehead atoms. The number of rotatable bonds is 4. The number of hydrogen-bond acceptors (Lipinski definition) is 3. The van der Waals surface area contributed by atoms with Crippen LogP contribution in [0.15, 0.2) is 73.2 Å².